The lowest BCUT2D eigenvalue weighted by Crippen LogP contribution is -2.54. The quantitative estimate of drug-likeness (QED) is 0.816. The summed E-state index contributed by atoms with van der Waals surface area (Å²) in [6.45, 7) is 3.57. The van der Waals surface area contributed by atoms with Gasteiger partial charge in [0.25, 0.3) is 0 Å². The molecule has 0 saturated carbocycles. The van der Waals surface area contributed by atoms with E-state index in [1.165, 1.54) is 0 Å². The van der Waals surface area contributed by atoms with Gasteiger partial charge in [-0.05, 0) is 30.5 Å². The fourth-order valence-electron chi connectivity index (χ4n) is 4.10. The predicted molar refractivity (Wildman–Crippen MR) is 108 cm³/mol. The van der Waals surface area contributed by atoms with Gasteiger partial charge in [0.05, 0.1) is 6.42 Å². The SMILES string of the molecule is O=C(C1CCCN1C(=O)Cc1ccccc1)N1CCN(c2ccccn2)CC1. The predicted octanol–water partition coefficient (Wildman–Crippen LogP) is 1.96. The van der Waals surface area contributed by atoms with E-state index in [1.54, 1.807) is 11.1 Å². The van der Waals surface area contributed by atoms with Crippen molar-refractivity contribution >= 4 is 17.6 Å². The molecule has 1 unspecified atom stereocenters. The molecule has 2 saturated heterocycles. The van der Waals surface area contributed by atoms with Crippen molar-refractivity contribution in [1.29, 1.82) is 0 Å². The normalized spacial score (nSPS) is 19.7. The highest BCUT2D eigenvalue weighted by molar-refractivity contribution is 5.89. The largest absolute Gasteiger partial charge is 0.353 e. The van der Waals surface area contributed by atoms with Crippen molar-refractivity contribution in [2.45, 2.75) is 25.3 Å². The number of hydrogen-bond donors (Lipinski definition) is 0. The molecule has 2 amide bonds. The maximum absolute atomic E-state index is 13.1. The number of piperazine rings is 1. The van der Waals surface area contributed by atoms with Crippen molar-refractivity contribution in [1.82, 2.24) is 14.8 Å². The Balaban J connectivity index is 1.35. The van der Waals surface area contributed by atoms with Crippen LogP contribution in [0, 0.1) is 0 Å². The Morgan fingerprint density at radius 3 is 2.39 bits per heavy atom. The maximum Gasteiger partial charge on any atom is 0.245 e. The van der Waals surface area contributed by atoms with Crippen LogP contribution in [0.1, 0.15) is 18.4 Å². The number of pyridine rings is 1. The number of amides is 2. The average molecular weight is 378 g/mol. The average Bonchev–Trinajstić information content (AvgIpc) is 3.25. The molecular weight excluding hydrogens is 352 g/mol. The molecule has 6 nitrogen and oxygen atoms in total. The van der Waals surface area contributed by atoms with Gasteiger partial charge in [-0.25, -0.2) is 4.98 Å². The molecule has 0 N–H and O–H groups in total. The Hall–Kier alpha value is -2.89. The highest BCUT2D eigenvalue weighted by atomic mass is 16.2. The molecule has 4 rings (SSSR count). The summed E-state index contributed by atoms with van der Waals surface area (Å²) in [5.74, 6) is 1.10. The van der Waals surface area contributed by atoms with Crippen molar-refractivity contribution in [3.05, 3.63) is 60.3 Å². The smallest absolute Gasteiger partial charge is 0.245 e. The Kier molecular flexibility index (Phi) is 5.55. The molecule has 1 aromatic heterocycles. The lowest BCUT2D eigenvalue weighted by Gasteiger charge is -2.37. The molecule has 2 aliphatic heterocycles. The summed E-state index contributed by atoms with van der Waals surface area (Å²) in [5, 5.41) is 0. The van der Waals surface area contributed by atoms with Gasteiger partial charge in [0.15, 0.2) is 0 Å². The van der Waals surface area contributed by atoms with E-state index >= 15 is 0 Å². The first kappa shape index (κ1) is 18.5. The number of rotatable bonds is 4. The van der Waals surface area contributed by atoms with E-state index in [2.05, 4.69) is 9.88 Å². The van der Waals surface area contributed by atoms with E-state index in [1.807, 2.05) is 53.4 Å². The number of aromatic nitrogens is 1. The standard InChI is InChI=1S/C22H26N4O2/c27-21(17-18-7-2-1-3-8-18)26-12-6-9-19(26)22(28)25-15-13-24(14-16-25)20-10-4-5-11-23-20/h1-5,7-8,10-11,19H,6,9,12-17H2. The maximum atomic E-state index is 13.1. The van der Waals surface area contributed by atoms with Gasteiger partial charge in [-0.1, -0.05) is 36.4 Å². The molecule has 2 fully saturated rings. The molecule has 28 heavy (non-hydrogen) atoms. The fourth-order valence-corrected chi connectivity index (χ4v) is 4.10. The van der Waals surface area contributed by atoms with Crippen LogP contribution in [0.15, 0.2) is 54.7 Å². The van der Waals surface area contributed by atoms with Crippen LogP contribution in [0.2, 0.25) is 0 Å². The summed E-state index contributed by atoms with van der Waals surface area (Å²) in [4.78, 5) is 36.2. The molecule has 6 heteroatoms. The van der Waals surface area contributed by atoms with Gasteiger partial charge >= 0.3 is 0 Å². The fraction of sp³-hybridized carbons (Fsp3) is 0.409. The van der Waals surface area contributed by atoms with Gasteiger partial charge in [-0.15, -0.1) is 0 Å². The summed E-state index contributed by atoms with van der Waals surface area (Å²) in [6, 6.07) is 15.3. The number of likely N-dealkylation sites (tertiary alicyclic amines) is 1. The van der Waals surface area contributed by atoms with Crippen LogP contribution >= 0.6 is 0 Å². The number of nitrogens with zero attached hydrogens (tertiary/aromatic N) is 4. The van der Waals surface area contributed by atoms with Gasteiger partial charge in [0, 0.05) is 38.9 Å². The zero-order chi connectivity index (χ0) is 19.3. The third-order valence-corrected chi connectivity index (χ3v) is 5.62. The van der Waals surface area contributed by atoms with Crippen molar-refractivity contribution in [2.24, 2.45) is 0 Å². The Bertz CT molecular complexity index is 804. The van der Waals surface area contributed by atoms with E-state index < -0.39 is 0 Å². The monoisotopic (exact) mass is 378 g/mol. The van der Waals surface area contributed by atoms with E-state index in [0.717, 1.165) is 37.3 Å². The third kappa shape index (κ3) is 4.01. The van der Waals surface area contributed by atoms with E-state index in [4.69, 9.17) is 0 Å². The zero-order valence-electron chi connectivity index (χ0n) is 16.0. The van der Waals surface area contributed by atoms with Crippen molar-refractivity contribution < 1.29 is 9.59 Å². The lowest BCUT2D eigenvalue weighted by atomic mass is 10.1. The van der Waals surface area contributed by atoms with Crippen LogP contribution in [-0.4, -0.2) is 65.4 Å². The molecule has 1 aromatic carbocycles. The number of hydrogen-bond acceptors (Lipinski definition) is 4. The second kappa shape index (κ2) is 8.42. The highest BCUT2D eigenvalue weighted by Gasteiger charge is 2.37. The molecule has 146 valence electrons. The Morgan fingerprint density at radius 2 is 1.68 bits per heavy atom. The van der Waals surface area contributed by atoms with Crippen LogP contribution in [0.3, 0.4) is 0 Å². The molecular formula is C22H26N4O2. The minimum absolute atomic E-state index is 0.0502. The summed E-state index contributed by atoms with van der Waals surface area (Å²) < 4.78 is 0. The minimum atomic E-state index is -0.308. The van der Waals surface area contributed by atoms with Crippen LogP contribution in [-0.2, 0) is 16.0 Å². The van der Waals surface area contributed by atoms with Gasteiger partial charge in [-0.2, -0.15) is 0 Å². The third-order valence-electron chi connectivity index (χ3n) is 5.62. The molecule has 2 aliphatic rings. The van der Waals surface area contributed by atoms with E-state index in [9.17, 15) is 9.59 Å². The topological polar surface area (TPSA) is 56.8 Å². The molecule has 2 aromatic rings. The molecule has 0 spiro atoms. The second-order valence-corrected chi connectivity index (χ2v) is 7.41. The molecule has 0 bridgehead atoms. The van der Waals surface area contributed by atoms with Gasteiger partial charge in [-0.3, -0.25) is 9.59 Å². The van der Waals surface area contributed by atoms with E-state index in [0.29, 0.717) is 26.1 Å². The first-order valence-electron chi connectivity index (χ1n) is 10.0. The van der Waals surface area contributed by atoms with Crippen molar-refractivity contribution in [3.63, 3.8) is 0 Å². The molecule has 3 heterocycles. The first-order chi connectivity index (χ1) is 13.7. The van der Waals surface area contributed by atoms with Gasteiger partial charge in [0.1, 0.15) is 11.9 Å². The number of benzene rings is 1. The second-order valence-electron chi connectivity index (χ2n) is 7.41. The Labute approximate surface area is 165 Å². The molecule has 0 radical (unpaired) electrons. The van der Waals surface area contributed by atoms with Crippen LogP contribution in [0.5, 0.6) is 0 Å². The molecule has 1 atom stereocenters. The molecule has 0 aliphatic carbocycles. The summed E-state index contributed by atoms with van der Waals surface area (Å²) >= 11 is 0. The Morgan fingerprint density at radius 1 is 0.929 bits per heavy atom. The number of anilines is 1. The van der Waals surface area contributed by atoms with Crippen molar-refractivity contribution in [3.8, 4) is 0 Å². The first-order valence-corrected chi connectivity index (χ1v) is 10.0. The lowest BCUT2D eigenvalue weighted by molar-refractivity contribution is -0.143. The van der Waals surface area contributed by atoms with Gasteiger partial charge in [0.2, 0.25) is 11.8 Å². The summed E-state index contributed by atoms with van der Waals surface area (Å²) in [5.41, 5.74) is 0.995. The number of carbonyl (C=O) groups is 2. The highest BCUT2D eigenvalue weighted by Crippen LogP contribution is 2.22. The van der Waals surface area contributed by atoms with Crippen LogP contribution in [0.4, 0.5) is 5.82 Å². The zero-order valence-corrected chi connectivity index (χ0v) is 16.0. The van der Waals surface area contributed by atoms with E-state index in [-0.39, 0.29) is 17.9 Å². The van der Waals surface area contributed by atoms with Crippen molar-refractivity contribution in [2.75, 3.05) is 37.6 Å². The summed E-state index contributed by atoms with van der Waals surface area (Å²) in [6.07, 6.45) is 3.81. The summed E-state index contributed by atoms with van der Waals surface area (Å²) in [7, 11) is 0. The van der Waals surface area contributed by atoms with Crippen LogP contribution in [0.25, 0.3) is 0 Å². The number of carbonyl (C=O) groups excluding carboxylic acids is 2. The minimum Gasteiger partial charge on any atom is -0.353 e. The van der Waals surface area contributed by atoms with Gasteiger partial charge < -0.3 is 14.7 Å². The van der Waals surface area contributed by atoms with Crippen LogP contribution < -0.4 is 4.90 Å².